The lowest BCUT2D eigenvalue weighted by Gasteiger charge is -2.37. The van der Waals surface area contributed by atoms with Crippen LogP contribution in [0.25, 0.3) is 0 Å². The van der Waals surface area contributed by atoms with Crippen molar-refractivity contribution in [3.05, 3.63) is 52.0 Å². The number of halogens is 1. The van der Waals surface area contributed by atoms with Gasteiger partial charge in [-0.2, -0.15) is 0 Å². The monoisotopic (exact) mass is 490 g/mol. The van der Waals surface area contributed by atoms with Crippen LogP contribution in [0.3, 0.4) is 0 Å². The van der Waals surface area contributed by atoms with E-state index in [1.165, 1.54) is 47.5 Å². The molecule has 0 aromatic heterocycles. The molecule has 1 aliphatic carbocycles. The van der Waals surface area contributed by atoms with Gasteiger partial charge in [-0.3, -0.25) is 4.79 Å². The lowest BCUT2D eigenvalue weighted by molar-refractivity contribution is -0.114. The first-order valence-electron chi connectivity index (χ1n) is 11.3. The highest BCUT2D eigenvalue weighted by molar-refractivity contribution is 7.89. The smallest absolute Gasteiger partial charge is 0.240 e. The summed E-state index contributed by atoms with van der Waals surface area (Å²) in [5, 5.41) is 2.79. The Labute approximate surface area is 201 Å². The first kappa shape index (κ1) is 24.0. The minimum Gasteiger partial charge on any atom is -0.369 e. The van der Waals surface area contributed by atoms with Crippen LogP contribution in [0.2, 0.25) is 5.02 Å². The van der Waals surface area contributed by atoms with Crippen LogP contribution in [-0.4, -0.2) is 58.5 Å². The van der Waals surface area contributed by atoms with E-state index in [9.17, 15) is 13.2 Å². The van der Waals surface area contributed by atoms with E-state index in [-0.39, 0.29) is 21.9 Å². The van der Waals surface area contributed by atoms with E-state index in [0.29, 0.717) is 12.1 Å². The molecule has 0 saturated carbocycles. The van der Waals surface area contributed by atoms with Gasteiger partial charge in [-0.05, 0) is 74.2 Å². The summed E-state index contributed by atoms with van der Waals surface area (Å²) in [4.78, 5) is 16.1. The number of likely N-dealkylation sites (N-methyl/N-ethyl adjacent to an activating group) is 1. The van der Waals surface area contributed by atoms with Crippen LogP contribution in [-0.2, 0) is 27.7 Å². The number of rotatable bonds is 5. The van der Waals surface area contributed by atoms with Crippen LogP contribution >= 0.6 is 11.6 Å². The van der Waals surface area contributed by atoms with E-state index in [1.807, 2.05) is 0 Å². The van der Waals surface area contributed by atoms with Gasteiger partial charge in [0.05, 0.1) is 15.6 Å². The molecule has 33 heavy (non-hydrogen) atoms. The van der Waals surface area contributed by atoms with Gasteiger partial charge in [0, 0.05) is 44.8 Å². The van der Waals surface area contributed by atoms with E-state index in [1.54, 1.807) is 0 Å². The third kappa shape index (κ3) is 5.35. The predicted octanol–water partition coefficient (Wildman–Crippen LogP) is 3.19. The lowest BCUT2D eigenvalue weighted by Crippen LogP contribution is -2.45. The second-order valence-electron chi connectivity index (χ2n) is 9.03. The minimum atomic E-state index is -3.75. The second kappa shape index (κ2) is 9.62. The van der Waals surface area contributed by atoms with Gasteiger partial charge < -0.3 is 15.1 Å². The summed E-state index contributed by atoms with van der Waals surface area (Å²) >= 11 is 6.21. The van der Waals surface area contributed by atoms with Gasteiger partial charge in [0.2, 0.25) is 15.9 Å². The number of hydrogen-bond donors (Lipinski definition) is 2. The number of anilines is 2. The number of carbonyl (C=O) groups excluding carboxylic acids is 1. The summed E-state index contributed by atoms with van der Waals surface area (Å²) in [5.74, 6) is -0.266. The van der Waals surface area contributed by atoms with Crippen molar-refractivity contribution in [3.63, 3.8) is 0 Å². The first-order chi connectivity index (χ1) is 15.6. The Morgan fingerprint density at radius 3 is 2.48 bits per heavy atom. The second-order valence-corrected chi connectivity index (χ2v) is 11.2. The molecule has 1 saturated heterocycles. The minimum absolute atomic E-state index is 0.0935. The molecule has 2 aromatic rings. The van der Waals surface area contributed by atoms with Crippen molar-refractivity contribution in [2.45, 2.75) is 44.0 Å². The molecule has 0 spiro atoms. The SMILES string of the molecule is CC(=O)Nc1ccc(S(=O)(=O)N[C@@H]2CCc3c(C)ccc(N4CCN(C)CC4)c3C2)cc1Cl. The molecule has 7 nitrogen and oxygen atoms in total. The molecule has 1 fully saturated rings. The number of piperazine rings is 1. The summed E-state index contributed by atoms with van der Waals surface area (Å²) in [5.41, 5.74) is 5.50. The molecule has 0 unspecified atom stereocenters. The Bertz CT molecular complexity index is 1160. The molecule has 2 aromatic carbocycles. The average Bonchev–Trinajstić information content (AvgIpc) is 2.75. The molecule has 178 valence electrons. The summed E-state index contributed by atoms with van der Waals surface area (Å²) in [6.07, 6.45) is 2.25. The normalized spacial score (nSPS) is 19.3. The maximum atomic E-state index is 13.1. The van der Waals surface area contributed by atoms with E-state index in [0.717, 1.165) is 39.0 Å². The standard InChI is InChI=1S/C24H31ClN4O3S/c1-16-4-9-24(29-12-10-28(3)11-13-29)21-14-18(5-7-20(16)21)27-33(31,32)19-6-8-23(22(25)15-19)26-17(2)30/h4,6,8-9,15,18,27H,5,7,10-14H2,1-3H3,(H,26,30)/t18-/m1/s1. The molecule has 9 heteroatoms. The largest absolute Gasteiger partial charge is 0.369 e. The number of nitrogens with one attached hydrogen (secondary N) is 2. The fraction of sp³-hybridized carbons (Fsp3) is 0.458. The summed E-state index contributed by atoms with van der Waals surface area (Å²) in [7, 11) is -1.61. The van der Waals surface area contributed by atoms with Crippen LogP contribution < -0.4 is 14.9 Å². The summed E-state index contributed by atoms with van der Waals surface area (Å²) < 4.78 is 29.1. The van der Waals surface area contributed by atoms with Crippen LogP contribution in [0.5, 0.6) is 0 Å². The molecular formula is C24H31ClN4O3S. The molecule has 1 aliphatic heterocycles. The first-order valence-corrected chi connectivity index (χ1v) is 13.1. The van der Waals surface area contributed by atoms with Gasteiger partial charge in [0.15, 0.2) is 0 Å². The van der Waals surface area contributed by atoms with Crippen molar-refractivity contribution >= 4 is 38.9 Å². The van der Waals surface area contributed by atoms with Crippen molar-refractivity contribution in [2.24, 2.45) is 0 Å². The van der Waals surface area contributed by atoms with Crippen molar-refractivity contribution in [2.75, 3.05) is 43.4 Å². The third-order valence-corrected chi connectivity index (χ3v) is 8.39. The number of amides is 1. The summed E-state index contributed by atoms with van der Waals surface area (Å²) in [6, 6.07) is 8.56. The van der Waals surface area contributed by atoms with Crippen molar-refractivity contribution < 1.29 is 13.2 Å². The number of nitrogens with zero attached hydrogens (tertiary/aromatic N) is 2. The maximum Gasteiger partial charge on any atom is 0.240 e. The molecular weight excluding hydrogens is 460 g/mol. The number of benzene rings is 2. The number of sulfonamides is 1. The molecule has 1 amide bonds. The highest BCUT2D eigenvalue weighted by atomic mass is 35.5. The fourth-order valence-electron chi connectivity index (χ4n) is 4.73. The van der Waals surface area contributed by atoms with Crippen molar-refractivity contribution in [1.29, 1.82) is 0 Å². The Morgan fingerprint density at radius 1 is 1.09 bits per heavy atom. The van der Waals surface area contributed by atoms with Gasteiger partial charge in [0.1, 0.15) is 0 Å². The van der Waals surface area contributed by atoms with E-state index in [2.05, 4.69) is 45.9 Å². The van der Waals surface area contributed by atoms with Crippen LogP contribution in [0.4, 0.5) is 11.4 Å². The Morgan fingerprint density at radius 2 is 1.82 bits per heavy atom. The van der Waals surface area contributed by atoms with Crippen molar-refractivity contribution in [3.8, 4) is 0 Å². The fourth-order valence-corrected chi connectivity index (χ4v) is 6.32. The Hall–Kier alpha value is -2.13. The molecule has 4 rings (SSSR count). The van der Waals surface area contributed by atoms with E-state index >= 15 is 0 Å². The molecule has 0 bridgehead atoms. The summed E-state index contributed by atoms with van der Waals surface area (Å²) in [6.45, 7) is 7.50. The van der Waals surface area contributed by atoms with Crippen LogP contribution in [0.1, 0.15) is 30.0 Å². The van der Waals surface area contributed by atoms with E-state index in [4.69, 9.17) is 11.6 Å². The van der Waals surface area contributed by atoms with Gasteiger partial charge in [0.25, 0.3) is 0 Å². The quantitative estimate of drug-likeness (QED) is 0.672. The zero-order valence-corrected chi connectivity index (χ0v) is 20.9. The highest BCUT2D eigenvalue weighted by Crippen LogP contribution is 2.34. The molecule has 2 aliphatic rings. The topological polar surface area (TPSA) is 81.7 Å². The van der Waals surface area contributed by atoms with Gasteiger partial charge in [-0.15, -0.1) is 0 Å². The number of fused-ring (bicyclic) bond motifs is 1. The maximum absolute atomic E-state index is 13.1. The number of carbonyl (C=O) groups is 1. The third-order valence-electron chi connectivity index (χ3n) is 6.56. The predicted molar refractivity (Wildman–Crippen MR) is 133 cm³/mol. The van der Waals surface area contributed by atoms with Crippen LogP contribution in [0, 0.1) is 6.92 Å². The van der Waals surface area contributed by atoms with Gasteiger partial charge >= 0.3 is 0 Å². The Balaban J connectivity index is 1.55. The molecule has 1 atom stereocenters. The Kier molecular flexibility index (Phi) is 7.00. The van der Waals surface area contributed by atoms with Gasteiger partial charge in [-0.1, -0.05) is 17.7 Å². The van der Waals surface area contributed by atoms with Crippen LogP contribution in [0.15, 0.2) is 35.2 Å². The highest BCUT2D eigenvalue weighted by Gasteiger charge is 2.29. The van der Waals surface area contributed by atoms with Crippen molar-refractivity contribution in [1.82, 2.24) is 9.62 Å². The van der Waals surface area contributed by atoms with Gasteiger partial charge in [-0.25, -0.2) is 13.1 Å². The zero-order valence-electron chi connectivity index (χ0n) is 19.3. The molecule has 0 radical (unpaired) electrons. The lowest BCUT2D eigenvalue weighted by atomic mass is 9.84. The molecule has 1 heterocycles. The average molecular weight is 491 g/mol. The molecule has 2 N–H and O–H groups in total. The number of aryl methyl sites for hydroxylation is 1. The zero-order chi connectivity index (χ0) is 23.8. The number of hydrogen-bond acceptors (Lipinski definition) is 5. The van der Waals surface area contributed by atoms with E-state index < -0.39 is 10.0 Å².